The van der Waals surface area contributed by atoms with Crippen LogP contribution in [0.2, 0.25) is 0 Å². The number of likely N-dealkylation sites (tertiary alicyclic amines) is 1. The van der Waals surface area contributed by atoms with Gasteiger partial charge in [-0.25, -0.2) is 4.98 Å². The summed E-state index contributed by atoms with van der Waals surface area (Å²) in [6.45, 7) is 3.77. The van der Waals surface area contributed by atoms with E-state index in [1.165, 1.54) is 0 Å². The number of piperidine rings is 1. The van der Waals surface area contributed by atoms with Crippen LogP contribution < -0.4 is 0 Å². The predicted molar refractivity (Wildman–Crippen MR) is 66.9 cm³/mol. The standard InChI is InChI=1S/C12H17F3N2OS/c1-8-16-10(7-19-8)6-17-4-2-9(3-5-17)11(18)12(13,14)15/h7,9,11,18H,2-6H2,1H3. The fraction of sp³-hybridized carbons (Fsp3) is 0.750. The van der Waals surface area contributed by atoms with Crippen LogP contribution >= 0.6 is 11.3 Å². The molecule has 1 fully saturated rings. The third-order valence-electron chi connectivity index (χ3n) is 3.47. The summed E-state index contributed by atoms with van der Waals surface area (Å²) >= 11 is 1.58. The third kappa shape index (κ3) is 3.90. The van der Waals surface area contributed by atoms with Crippen LogP contribution in [0.25, 0.3) is 0 Å². The Kier molecular flexibility index (Phi) is 4.47. The number of aromatic nitrogens is 1. The van der Waals surface area contributed by atoms with E-state index in [1.54, 1.807) is 11.3 Å². The summed E-state index contributed by atoms with van der Waals surface area (Å²) in [5.74, 6) is -0.673. The number of rotatable bonds is 3. The Bertz CT molecular complexity index is 413. The van der Waals surface area contributed by atoms with Crippen molar-refractivity contribution in [3.05, 3.63) is 16.1 Å². The first kappa shape index (κ1) is 14.7. The van der Waals surface area contributed by atoms with Crippen LogP contribution in [0.1, 0.15) is 23.5 Å². The number of hydrogen-bond acceptors (Lipinski definition) is 4. The third-order valence-corrected chi connectivity index (χ3v) is 4.29. The summed E-state index contributed by atoms with van der Waals surface area (Å²) < 4.78 is 37.2. The van der Waals surface area contributed by atoms with Crippen LogP contribution in [-0.4, -0.2) is 40.4 Å². The van der Waals surface area contributed by atoms with Crippen molar-refractivity contribution in [3.63, 3.8) is 0 Å². The molecule has 2 heterocycles. The molecule has 1 aromatic rings. The molecule has 1 N–H and O–H groups in total. The average molecular weight is 294 g/mol. The molecule has 19 heavy (non-hydrogen) atoms. The summed E-state index contributed by atoms with van der Waals surface area (Å²) in [6, 6.07) is 0. The van der Waals surface area contributed by atoms with Crippen molar-refractivity contribution in [3.8, 4) is 0 Å². The van der Waals surface area contributed by atoms with E-state index in [9.17, 15) is 18.3 Å². The van der Waals surface area contributed by atoms with Crippen LogP contribution in [-0.2, 0) is 6.54 Å². The summed E-state index contributed by atoms with van der Waals surface area (Å²) in [5, 5.41) is 12.2. The lowest BCUT2D eigenvalue weighted by atomic mass is 9.91. The molecule has 7 heteroatoms. The second-order valence-corrected chi connectivity index (χ2v) is 6.02. The predicted octanol–water partition coefficient (Wildman–Crippen LogP) is 2.59. The van der Waals surface area contributed by atoms with Crippen LogP contribution in [0.15, 0.2) is 5.38 Å². The van der Waals surface area contributed by atoms with E-state index in [-0.39, 0.29) is 0 Å². The molecule has 2 rings (SSSR count). The zero-order valence-corrected chi connectivity index (χ0v) is 11.5. The van der Waals surface area contributed by atoms with Gasteiger partial charge in [0.15, 0.2) is 6.10 Å². The molecule has 1 aliphatic heterocycles. The van der Waals surface area contributed by atoms with Gasteiger partial charge in [0.05, 0.1) is 10.7 Å². The Morgan fingerprint density at radius 3 is 2.58 bits per heavy atom. The SMILES string of the molecule is Cc1nc(CN2CCC(C(O)C(F)(F)F)CC2)cs1. The van der Waals surface area contributed by atoms with Gasteiger partial charge in [-0.05, 0) is 38.8 Å². The highest BCUT2D eigenvalue weighted by atomic mass is 32.1. The molecule has 0 spiro atoms. The highest BCUT2D eigenvalue weighted by molar-refractivity contribution is 7.09. The molecule has 0 saturated carbocycles. The van der Waals surface area contributed by atoms with Crippen LogP contribution in [0.5, 0.6) is 0 Å². The highest BCUT2D eigenvalue weighted by Crippen LogP contribution is 2.31. The number of aryl methyl sites for hydroxylation is 1. The zero-order chi connectivity index (χ0) is 14.0. The van der Waals surface area contributed by atoms with Gasteiger partial charge in [0, 0.05) is 11.9 Å². The zero-order valence-electron chi connectivity index (χ0n) is 10.7. The van der Waals surface area contributed by atoms with Gasteiger partial charge in [0.25, 0.3) is 0 Å². The summed E-state index contributed by atoms with van der Waals surface area (Å²) in [5.41, 5.74) is 0.970. The van der Waals surface area contributed by atoms with E-state index in [0.29, 0.717) is 32.5 Å². The average Bonchev–Trinajstić information content (AvgIpc) is 2.74. The first-order valence-corrected chi connectivity index (χ1v) is 7.12. The fourth-order valence-electron chi connectivity index (χ4n) is 2.40. The van der Waals surface area contributed by atoms with E-state index in [4.69, 9.17) is 0 Å². The van der Waals surface area contributed by atoms with E-state index in [1.807, 2.05) is 12.3 Å². The normalized spacial score (nSPS) is 20.7. The smallest absolute Gasteiger partial charge is 0.383 e. The Morgan fingerprint density at radius 2 is 2.11 bits per heavy atom. The summed E-state index contributed by atoms with van der Waals surface area (Å²) in [4.78, 5) is 6.44. The summed E-state index contributed by atoms with van der Waals surface area (Å²) in [6.07, 6.45) is -5.93. The van der Waals surface area contributed by atoms with Crippen molar-refractivity contribution in [2.24, 2.45) is 5.92 Å². The second kappa shape index (κ2) is 5.76. The molecule has 0 radical (unpaired) electrons. The van der Waals surface area contributed by atoms with Gasteiger partial charge in [-0.2, -0.15) is 13.2 Å². The van der Waals surface area contributed by atoms with Crippen LogP contribution in [0.3, 0.4) is 0 Å². The van der Waals surface area contributed by atoms with Crippen molar-refractivity contribution < 1.29 is 18.3 Å². The molecule has 1 aliphatic rings. The second-order valence-electron chi connectivity index (χ2n) is 4.96. The number of thiazole rings is 1. The topological polar surface area (TPSA) is 36.4 Å². The van der Waals surface area contributed by atoms with Crippen molar-refractivity contribution in [2.75, 3.05) is 13.1 Å². The molecule has 3 nitrogen and oxygen atoms in total. The van der Waals surface area contributed by atoms with Crippen molar-refractivity contribution >= 4 is 11.3 Å². The maximum absolute atomic E-state index is 12.4. The lowest BCUT2D eigenvalue weighted by Gasteiger charge is -2.34. The number of alkyl halides is 3. The van der Waals surface area contributed by atoms with Gasteiger partial charge >= 0.3 is 6.18 Å². The van der Waals surface area contributed by atoms with Crippen molar-refractivity contribution in [1.29, 1.82) is 0 Å². The molecular weight excluding hydrogens is 277 g/mol. The first-order chi connectivity index (χ1) is 8.86. The number of nitrogens with zero attached hydrogens (tertiary/aromatic N) is 2. The molecule has 0 bridgehead atoms. The Hall–Kier alpha value is -0.660. The monoisotopic (exact) mass is 294 g/mol. The van der Waals surface area contributed by atoms with Crippen molar-refractivity contribution in [2.45, 2.75) is 38.6 Å². The molecular formula is C12H17F3N2OS. The van der Waals surface area contributed by atoms with E-state index >= 15 is 0 Å². The van der Waals surface area contributed by atoms with Crippen molar-refractivity contribution in [1.82, 2.24) is 9.88 Å². The van der Waals surface area contributed by atoms with Gasteiger partial charge in [-0.15, -0.1) is 11.3 Å². The lowest BCUT2D eigenvalue weighted by molar-refractivity contribution is -0.223. The number of aliphatic hydroxyl groups is 1. The van der Waals surface area contributed by atoms with E-state index in [0.717, 1.165) is 10.7 Å². The minimum Gasteiger partial charge on any atom is -0.383 e. The molecule has 1 saturated heterocycles. The van der Waals surface area contributed by atoms with Gasteiger partial charge in [-0.1, -0.05) is 0 Å². The minimum atomic E-state index is -4.50. The fourth-order valence-corrected chi connectivity index (χ4v) is 3.01. The maximum Gasteiger partial charge on any atom is 0.414 e. The number of aliphatic hydroxyl groups excluding tert-OH is 1. The van der Waals surface area contributed by atoms with Gasteiger partial charge in [-0.3, -0.25) is 4.90 Å². The van der Waals surface area contributed by atoms with Crippen LogP contribution in [0.4, 0.5) is 13.2 Å². The Balaban J connectivity index is 1.82. The highest BCUT2D eigenvalue weighted by Gasteiger charge is 2.44. The molecule has 0 amide bonds. The molecule has 1 unspecified atom stereocenters. The van der Waals surface area contributed by atoms with E-state index in [2.05, 4.69) is 9.88 Å². The molecule has 108 valence electrons. The van der Waals surface area contributed by atoms with Crippen LogP contribution in [0, 0.1) is 12.8 Å². The van der Waals surface area contributed by atoms with Gasteiger partial charge in [0.2, 0.25) is 0 Å². The quantitative estimate of drug-likeness (QED) is 0.931. The first-order valence-electron chi connectivity index (χ1n) is 6.24. The largest absolute Gasteiger partial charge is 0.414 e. The molecule has 0 aliphatic carbocycles. The molecule has 0 aromatic carbocycles. The lowest BCUT2D eigenvalue weighted by Crippen LogP contribution is -2.43. The van der Waals surface area contributed by atoms with Gasteiger partial charge in [0.1, 0.15) is 0 Å². The maximum atomic E-state index is 12.4. The molecule has 1 aromatic heterocycles. The molecule has 1 atom stereocenters. The number of hydrogen-bond donors (Lipinski definition) is 1. The Morgan fingerprint density at radius 1 is 1.47 bits per heavy atom. The van der Waals surface area contributed by atoms with E-state index < -0.39 is 18.2 Å². The Labute approximate surface area is 114 Å². The summed E-state index contributed by atoms with van der Waals surface area (Å²) in [7, 11) is 0. The van der Waals surface area contributed by atoms with Gasteiger partial charge < -0.3 is 5.11 Å². The number of halogens is 3. The minimum absolute atomic E-state index is 0.379.